The molecule has 12 nitrogen and oxygen atoms in total. The van der Waals surface area contributed by atoms with E-state index in [-0.39, 0.29) is 43.1 Å². The normalized spacial score (nSPS) is 16.1. The van der Waals surface area contributed by atoms with Gasteiger partial charge in [0, 0.05) is 31.6 Å². The average Bonchev–Trinajstić information content (AvgIpc) is 3.04. The molecule has 2 aromatic carbocycles. The second-order valence-corrected chi connectivity index (χ2v) is 11.7. The minimum absolute atomic E-state index is 0.0344. The van der Waals surface area contributed by atoms with Crippen LogP contribution in [-0.4, -0.2) is 75.8 Å². The van der Waals surface area contributed by atoms with E-state index in [0.717, 1.165) is 34.1 Å². The first-order valence-electron chi connectivity index (χ1n) is 13.5. The van der Waals surface area contributed by atoms with E-state index in [0.29, 0.717) is 17.0 Å². The SMILES string of the molecule is CCC(F)(F)c1ccc(C[NH-])cc1.O=C(O)[C@H]1CN(c2cnc3cncnc3n2)CCN1S(=O)(=O)c1ccc(OC(F)(F)F)cc1. The summed E-state index contributed by atoms with van der Waals surface area (Å²) in [4.78, 5) is 29.4. The first-order chi connectivity index (χ1) is 21.6. The maximum absolute atomic E-state index is 13.1. The van der Waals surface area contributed by atoms with Crippen molar-refractivity contribution in [3.8, 4) is 5.75 Å². The van der Waals surface area contributed by atoms with E-state index in [1.54, 1.807) is 17.0 Å². The van der Waals surface area contributed by atoms with E-state index in [1.165, 1.54) is 37.8 Å². The van der Waals surface area contributed by atoms with Crippen LogP contribution in [0.15, 0.2) is 72.1 Å². The number of nitrogens with one attached hydrogen (secondary N) is 1. The lowest BCUT2D eigenvalue weighted by molar-refractivity contribution is -0.274. The molecule has 1 fully saturated rings. The van der Waals surface area contributed by atoms with Gasteiger partial charge in [-0.15, -0.1) is 19.7 Å². The highest BCUT2D eigenvalue weighted by atomic mass is 32.2. The molecule has 0 spiro atoms. The number of sulfonamides is 1. The molecule has 46 heavy (non-hydrogen) atoms. The van der Waals surface area contributed by atoms with Gasteiger partial charge in [0.25, 0.3) is 5.92 Å². The van der Waals surface area contributed by atoms with Crippen molar-refractivity contribution in [1.82, 2.24) is 24.2 Å². The summed E-state index contributed by atoms with van der Waals surface area (Å²) >= 11 is 0. The molecule has 2 N–H and O–H groups in total. The molecule has 246 valence electrons. The topological polar surface area (TPSA) is 163 Å². The van der Waals surface area contributed by atoms with Gasteiger partial charge < -0.3 is 20.5 Å². The smallest absolute Gasteiger partial charge is 0.573 e. The number of nitrogens with zero attached hydrogens (tertiary/aromatic N) is 6. The Balaban J connectivity index is 0.000000310. The van der Waals surface area contributed by atoms with Crippen LogP contribution >= 0.6 is 0 Å². The quantitative estimate of drug-likeness (QED) is 0.252. The summed E-state index contributed by atoms with van der Waals surface area (Å²) in [6, 6.07) is 8.01. The van der Waals surface area contributed by atoms with Crippen molar-refractivity contribution < 1.29 is 45.0 Å². The van der Waals surface area contributed by atoms with E-state index < -0.39 is 40.1 Å². The number of alkyl halides is 5. The number of carboxylic acids is 1. The zero-order chi connectivity index (χ0) is 33.7. The molecule has 0 bridgehead atoms. The number of halogens is 5. The summed E-state index contributed by atoms with van der Waals surface area (Å²) in [5.74, 6) is -4.41. The number of anilines is 1. The Kier molecular flexibility index (Phi) is 10.3. The third kappa shape index (κ3) is 8.18. The molecule has 18 heteroatoms. The Morgan fingerprint density at radius 2 is 1.70 bits per heavy atom. The van der Waals surface area contributed by atoms with E-state index in [1.807, 2.05) is 0 Å². The van der Waals surface area contributed by atoms with Crippen LogP contribution in [0.1, 0.15) is 24.5 Å². The molecule has 0 amide bonds. The Hall–Kier alpha value is -4.55. The van der Waals surface area contributed by atoms with Gasteiger partial charge in [0.1, 0.15) is 29.5 Å². The van der Waals surface area contributed by atoms with Gasteiger partial charge in [0.15, 0.2) is 5.65 Å². The highest BCUT2D eigenvalue weighted by molar-refractivity contribution is 7.89. The molecule has 1 atom stereocenters. The zero-order valence-electron chi connectivity index (χ0n) is 24.0. The van der Waals surface area contributed by atoms with Crippen LogP contribution in [0.25, 0.3) is 16.9 Å². The summed E-state index contributed by atoms with van der Waals surface area (Å²) in [5.41, 5.74) is 8.56. The number of carboxylic acid groups (broad SMARTS) is 1. The summed E-state index contributed by atoms with van der Waals surface area (Å²) < 4.78 is 93.8. The van der Waals surface area contributed by atoms with Crippen LogP contribution in [0.5, 0.6) is 5.75 Å². The first-order valence-corrected chi connectivity index (χ1v) is 15.0. The standard InChI is InChI=1S/C18H15F3N6O5S.C10H12F2N/c19-18(20,21)32-11-1-3-12(4-2-11)33(30,31)27-6-5-26(9-14(27)17(28)29)15-8-23-13-7-22-10-24-16(13)25-15;1-2-10(11,12)9-5-3-8(7-13)4-6-9/h1-4,7-8,10,14H,5-6,9H2,(H,28,29);3-6,13H,2,7H2,1H3/q;-1/t14-;/m1./s1. The van der Waals surface area contributed by atoms with Crippen LogP contribution < -0.4 is 9.64 Å². The van der Waals surface area contributed by atoms with Crippen molar-refractivity contribution in [1.29, 1.82) is 0 Å². The van der Waals surface area contributed by atoms with Gasteiger partial charge in [-0.1, -0.05) is 36.8 Å². The van der Waals surface area contributed by atoms with Crippen molar-refractivity contribution in [3.05, 3.63) is 84.1 Å². The predicted molar refractivity (Wildman–Crippen MR) is 154 cm³/mol. The van der Waals surface area contributed by atoms with E-state index >= 15 is 0 Å². The Morgan fingerprint density at radius 1 is 1.02 bits per heavy atom. The molecular formula is C28H27F5N7O5S-. The molecule has 5 rings (SSSR count). The summed E-state index contributed by atoms with van der Waals surface area (Å²) in [5, 5.41) is 9.69. The molecule has 3 heterocycles. The molecule has 1 saturated heterocycles. The second-order valence-electron chi connectivity index (χ2n) is 9.83. The van der Waals surface area contributed by atoms with Gasteiger partial charge in [-0.25, -0.2) is 37.1 Å². The van der Waals surface area contributed by atoms with Gasteiger partial charge in [0.05, 0.1) is 17.3 Å². The van der Waals surface area contributed by atoms with E-state index in [9.17, 15) is 40.3 Å². The highest BCUT2D eigenvalue weighted by Gasteiger charge is 2.41. The van der Waals surface area contributed by atoms with Crippen LogP contribution in [0.3, 0.4) is 0 Å². The first kappa shape index (κ1) is 34.3. The van der Waals surface area contributed by atoms with Gasteiger partial charge in [-0.3, -0.25) is 4.79 Å². The molecule has 0 saturated carbocycles. The number of aromatic nitrogens is 4. The fourth-order valence-electron chi connectivity index (χ4n) is 4.39. The monoisotopic (exact) mass is 668 g/mol. The number of rotatable bonds is 8. The number of aliphatic carboxylic acids is 1. The molecule has 1 aliphatic rings. The lowest BCUT2D eigenvalue weighted by atomic mass is 10.0. The van der Waals surface area contributed by atoms with Crippen molar-refractivity contribution in [2.45, 2.75) is 43.1 Å². The molecular weight excluding hydrogens is 641 g/mol. The van der Waals surface area contributed by atoms with Crippen molar-refractivity contribution >= 4 is 33.0 Å². The zero-order valence-corrected chi connectivity index (χ0v) is 24.8. The number of benzene rings is 2. The Labute approximate surface area is 259 Å². The minimum atomic E-state index is -4.93. The summed E-state index contributed by atoms with van der Waals surface area (Å²) in [7, 11) is -4.32. The molecule has 4 aromatic rings. The molecule has 0 unspecified atom stereocenters. The van der Waals surface area contributed by atoms with Gasteiger partial charge >= 0.3 is 12.3 Å². The fourth-order valence-corrected chi connectivity index (χ4v) is 5.96. The lowest BCUT2D eigenvalue weighted by Crippen LogP contribution is -2.58. The Bertz CT molecular complexity index is 1760. The highest BCUT2D eigenvalue weighted by Crippen LogP contribution is 2.31. The second kappa shape index (κ2) is 13.8. The number of hydrogen-bond acceptors (Lipinski definition) is 9. The van der Waals surface area contributed by atoms with Crippen molar-refractivity contribution in [2.24, 2.45) is 0 Å². The number of piperazine rings is 1. The van der Waals surface area contributed by atoms with E-state index in [2.05, 4.69) is 24.7 Å². The fraction of sp³-hybridized carbons (Fsp3) is 0.321. The average molecular weight is 669 g/mol. The van der Waals surface area contributed by atoms with Crippen LogP contribution in [0.4, 0.5) is 27.8 Å². The van der Waals surface area contributed by atoms with Crippen LogP contribution in [-0.2, 0) is 27.3 Å². The van der Waals surface area contributed by atoms with E-state index in [4.69, 9.17) is 5.73 Å². The van der Waals surface area contributed by atoms with Crippen LogP contribution in [0, 0.1) is 0 Å². The number of fused-ring (bicyclic) bond motifs is 1. The summed E-state index contributed by atoms with van der Waals surface area (Å²) in [6.07, 6.45) is -0.949. The molecule has 1 aliphatic heterocycles. The Morgan fingerprint density at radius 3 is 2.28 bits per heavy atom. The van der Waals surface area contributed by atoms with Crippen LogP contribution in [0.2, 0.25) is 0 Å². The maximum Gasteiger partial charge on any atom is 0.573 e. The third-order valence-electron chi connectivity index (χ3n) is 6.84. The third-order valence-corrected chi connectivity index (χ3v) is 8.76. The van der Waals surface area contributed by atoms with Gasteiger partial charge in [0.2, 0.25) is 10.0 Å². The minimum Gasteiger partial charge on any atom is -0.674 e. The molecule has 2 aromatic heterocycles. The maximum atomic E-state index is 13.1. The largest absolute Gasteiger partial charge is 0.674 e. The van der Waals surface area contributed by atoms with Crippen molar-refractivity contribution in [3.63, 3.8) is 0 Å². The predicted octanol–water partition coefficient (Wildman–Crippen LogP) is 5.02. The number of ether oxygens (including phenoxy) is 1. The molecule has 0 radical (unpaired) electrons. The molecule has 0 aliphatic carbocycles. The lowest BCUT2D eigenvalue weighted by Gasteiger charge is -2.38. The van der Waals surface area contributed by atoms with Crippen molar-refractivity contribution in [2.75, 3.05) is 24.5 Å². The number of hydrogen-bond donors (Lipinski definition) is 1. The van der Waals surface area contributed by atoms with Gasteiger partial charge in [-0.05, 0) is 24.3 Å². The van der Waals surface area contributed by atoms with Gasteiger partial charge in [-0.2, -0.15) is 4.31 Å². The summed E-state index contributed by atoms with van der Waals surface area (Å²) in [6.45, 7) is 1.26. The number of carbonyl (C=O) groups is 1.